The van der Waals surface area contributed by atoms with E-state index in [1.165, 1.54) is 44.2 Å². The predicted molar refractivity (Wildman–Crippen MR) is 69.6 cm³/mol. The SMILES string of the molecule is CCCCCC1CCNCc2ccccc21. The third-order valence-electron chi connectivity index (χ3n) is 3.64. The zero-order valence-electron chi connectivity index (χ0n) is 10.3. The van der Waals surface area contributed by atoms with Crippen molar-refractivity contribution in [1.82, 2.24) is 5.32 Å². The molecule has 0 radical (unpaired) electrons. The molecule has 16 heavy (non-hydrogen) atoms. The first kappa shape index (κ1) is 11.7. The van der Waals surface area contributed by atoms with E-state index in [4.69, 9.17) is 0 Å². The van der Waals surface area contributed by atoms with Crippen LogP contribution in [0.2, 0.25) is 0 Å². The highest BCUT2D eigenvalue weighted by atomic mass is 14.9. The Labute approximate surface area is 99.3 Å². The zero-order chi connectivity index (χ0) is 11.2. The maximum absolute atomic E-state index is 3.52. The minimum atomic E-state index is 0.790. The number of unbranched alkanes of at least 4 members (excludes halogenated alkanes) is 2. The van der Waals surface area contributed by atoms with Gasteiger partial charge >= 0.3 is 0 Å². The van der Waals surface area contributed by atoms with Gasteiger partial charge in [-0.3, -0.25) is 0 Å². The average molecular weight is 217 g/mol. The van der Waals surface area contributed by atoms with E-state index in [9.17, 15) is 0 Å². The predicted octanol–water partition coefficient (Wildman–Crippen LogP) is 3.84. The van der Waals surface area contributed by atoms with Gasteiger partial charge < -0.3 is 5.32 Å². The average Bonchev–Trinajstić information content (AvgIpc) is 2.52. The summed E-state index contributed by atoms with van der Waals surface area (Å²) in [6.07, 6.45) is 6.77. The fourth-order valence-electron chi connectivity index (χ4n) is 2.69. The highest BCUT2D eigenvalue weighted by Crippen LogP contribution is 2.30. The Kier molecular flexibility index (Phi) is 4.41. The molecular weight excluding hydrogens is 194 g/mol. The van der Waals surface area contributed by atoms with E-state index in [1.54, 1.807) is 5.56 Å². The minimum absolute atomic E-state index is 0.790. The second-order valence-corrected chi connectivity index (χ2v) is 4.86. The van der Waals surface area contributed by atoms with Gasteiger partial charge in [0.25, 0.3) is 0 Å². The Morgan fingerprint density at radius 1 is 1.25 bits per heavy atom. The summed E-state index contributed by atoms with van der Waals surface area (Å²) in [5, 5.41) is 3.52. The smallest absolute Gasteiger partial charge is 0.0208 e. The lowest BCUT2D eigenvalue weighted by atomic mass is 9.88. The first-order valence-corrected chi connectivity index (χ1v) is 6.70. The van der Waals surface area contributed by atoms with Gasteiger partial charge in [-0.05, 0) is 36.4 Å². The van der Waals surface area contributed by atoms with Crippen LogP contribution in [0.25, 0.3) is 0 Å². The Morgan fingerprint density at radius 3 is 3.00 bits per heavy atom. The van der Waals surface area contributed by atoms with E-state index in [1.807, 2.05) is 0 Å². The Bertz CT molecular complexity index is 319. The molecule has 1 heteroatoms. The fourth-order valence-corrected chi connectivity index (χ4v) is 2.69. The summed E-state index contributed by atoms with van der Waals surface area (Å²) in [5.41, 5.74) is 3.12. The highest BCUT2D eigenvalue weighted by Gasteiger charge is 2.17. The molecule has 0 saturated heterocycles. The van der Waals surface area contributed by atoms with Crippen LogP contribution in [0.1, 0.15) is 56.1 Å². The molecule has 0 fully saturated rings. The van der Waals surface area contributed by atoms with Crippen LogP contribution in [0.3, 0.4) is 0 Å². The van der Waals surface area contributed by atoms with Crippen LogP contribution in [0.4, 0.5) is 0 Å². The zero-order valence-corrected chi connectivity index (χ0v) is 10.3. The van der Waals surface area contributed by atoms with Crippen LogP contribution in [-0.2, 0) is 6.54 Å². The third-order valence-corrected chi connectivity index (χ3v) is 3.64. The molecule has 1 unspecified atom stereocenters. The number of nitrogens with one attached hydrogen (secondary N) is 1. The van der Waals surface area contributed by atoms with Crippen LogP contribution >= 0.6 is 0 Å². The van der Waals surface area contributed by atoms with Crippen LogP contribution in [0, 0.1) is 0 Å². The molecule has 1 aromatic carbocycles. The Morgan fingerprint density at radius 2 is 2.12 bits per heavy atom. The van der Waals surface area contributed by atoms with Crippen LogP contribution < -0.4 is 5.32 Å². The van der Waals surface area contributed by atoms with Crippen molar-refractivity contribution in [3.63, 3.8) is 0 Å². The number of fused-ring (bicyclic) bond motifs is 1. The molecule has 0 bridgehead atoms. The summed E-state index contributed by atoms with van der Waals surface area (Å²) < 4.78 is 0. The summed E-state index contributed by atoms with van der Waals surface area (Å²) in [4.78, 5) is 0. The van der Waals surface area contributed by atoms with Gasteiger partial charge in [0, 0.05) is 6.54 Å². The van der Waals surface area contributed by atoms with Crippen molar-refractivity contribution in [2.45, 2.75) is 51.5 Å². The van der Waals surface area contributed by atoms with E-state index in [2.05, 4.69) is 36.5 Å². The summed E-state index contributed by atoms with van der Waals surface area (Å²) in [7, 11) is 0. The van der Waals surface area contributed by atoms with Crippen molar-refractivity contribution in [3.8, 4) is 0 Å². The Balaban J connectivity index is 2.06. The van der Waals surface area contributed by atoms with Gasteiger partial charge in [0.2, 0.25) is 0 Å². The molecule has 2 rings (SSSR count). The van der Waals surface area contributed by atoms with E-state index in [-0.39, 0.29) is 0 Å². The van der Waals surface area contributed by atoms with Crippen molar-refractivity contribution in [2.24, 2.45) is 0 Å². The molecule has 1 heterocycles. The van der Waals surface area contributed by atoms with E-state index in [0.29, 0.717) is 0 Å². The second kappa shape index (κ2) is 6.05. The Hall–Kier alpha value is -0.820. The van der Waals surface area contributed by atoms with Crippen molar-refractivity contribution < 1.29 is 0 Å². The summed E-state index contributed by atoms with van der Waals surface area (Å²) in [5.74, 6) is 0.790. The van der Waals surface area contributed by atoms with Gasteiger partial charge in [0.15, 0.2) is 0 Å². The molecular formula is C15H23N. The molecule has 1 N–H and O–H groups in total. The van der Waals surface area contributed by atoms with Crippen molar-refractivity contribution in [2.75, 3.05) is 6.54 Å². The minimum Gasteiger partial charge on any atom is -0.313 e. The normalized spacial score (nSPS) is 20.2. The third kappa shape index (κ3) is 2.85. The molecule has 1 aromatic rings. The van der Waals surface area contributed by atoms with E-state index in [0.717, 1.165) is 12.5 Å². The fraction of sp³-hybridized carbons (Fsp3) is 0.600. The molecule has 0 aromatic heterocycles. The van der Waals surface area contributed by atoms with Crippen LogP contribution in [0.5, 0.6) is 0 Å². The lowest BCUT2D eigenvalue weighted by Crippen LogP contribution is -2.12. The molecule has 1 atom stereocenters. The summed E-state index contributed by atoms with van der Waals surface area (Å²) in [6.45, 7) is 4.51. The van der Waals surface area contributed by atoms with Gasteiger partial charge in [-0.1, -0.05) is 50.5 Å². The van der Waals surface area contributed by atoms with Crippen molar-refractivity contribution >= 4 is 0 Å². The molecule has 1 aliphatic rings. The molecule has 1 aliphatic heterocycles. The lowest BCUT2D eigenvalue weighted by Gasteiger charge is -2.16. The van der Waals surface area contributed by atoms with Crippen molar-refractivity contribution in [3.05, 3.63) is 35.4 Å². The van der Waals surface area contributed by atoms with Gasteiger partial charge in [-0.25, -0.2) is 0 Å². The standard InChI is InChI=1S/C15H23N/c1-2-3-4-7-13-10-11-16-12-14-8-5-6-9-15(13)14/h5-6,8-9,13,16H,2-4,7,10-12H2,1H3. The molecule has 0 spiro atoms. The second-order valence-electron chi connectivity index (χ2n) is 4.86. The maximum atomic E-state index is 3.52. The van der Waals surface area contributed by atoms with Crippen LogP contribution in [-0.4, -0.2) is 6.54 Å². The van der Waals surface area contributed by atoms with Gasteiger partial charge in [-0.2, -0.15) is 0 Å². The maximum Gasteiger partial charge on any atom is 0.0208 e. The number of hydrogen-bond acceptors (Lipinski definition) is 1. The molecule has 1 nitrogen and oxygen atoms in total. The molecule has 0 aliphatic carbocycles. The van der Waals surface area contributed by atoms with Crippen LogP contribution in [0.15, 0.2) is 24.3 Å². The van der Waals surface area contributed by atoms with E-state index >= 15 is 0 Å². The van der Waals surface area contributed by atoms with Gasteiger partial charge in [0.05, 0.1) is 0 Å². The molecule has 0 saturated carbocycles. The van der Waals surface area contributed by atoms with Gasteiger partial charge in [0.1, 0.15) is 0 Å². The van der Waals surface area contributed by atoms with E-state index < -0.39 is 0 Å². The quantitative estimate of drug-likeness (QED) is 0.755. The van der Waals surface area contributed by atoms with Crippen molar-refractivity contribution in [1.29, 1.82) is 0 Å². The first-order valence-electron chi connectivity index (χ1n) is 6.70. The first-order chi connectivity index (χ1) is 7.92. The van der Waals surface area contributed by atoms with Gasteiger partial charge in [-0.15, -0.1) is 0 Å². The number of rotatable bonds is 4. The molecule has 88 valence electrons. The number of hydrogen-bond donors (Lipinski definition) is 1. The number of benzene rings is 1. The molecule has 0 amide bonds. The monoisotopic (exact) mass is 217 g/mol. The summed E-state index contributed by atoms with van der Waals surface area (Å²) >= 11 is 0. The highest BCUT2D eigenvalue weighted by molar-refractivity contribution is 5.31. The largest absolute Gasteiger partial charge is 0.313 e. The summed E-state index contributed by atoms with van der Waals surface area (Å²) in [6, 6.07) is 8.96. The topological polar surface area (TPSA) is 12.0 Å². The lowest BCUT2D eigenvalue weighted by molar-refractivity contribution is 0.529.